The van der Waals surface area contributed by atoms with Gasteiger partial charge in [-0.05, 0) is 19.3 Å². The smallest absolute Gasteiger partial charge is 0.304 e. The van der Waals surface area contributed by atoms with Crippen molar-refractivity contribution in [2.24, 2.45) is 5.92 Å². The number of hydrogen-bond donors (Lipinski definition) is 1. The Morgan fingerprint density at radius 2 is 1.94 bits per heavy atom. The van der Waals surface area contributed by atoms with Gasteiger partial charge in [-0.2, -0.15) is 0 Å². The summed E-state index contributed by atoms with van der Waals surface area (Å²) in [6, 6.07) is 0.389. The molecule has 1 atom stereocenters. The molecule has 4 heteroatoms. The summed E-state index contributed by atoms with van der Waals surface area (Å²) in [6.45, 7) is 0.765. The Morgan fingerprint density at radius 1 is 1.25 bits per heavy atom. The number of likely N-dealkylation sites (tertiary alicyclic amines) is 1. The van der Waals surface area contributed by atoms with Crippen LogP contribution in [0.25, 0.3) is 0 Å². The van der Waals surface area contributed by atoms with Gasteiger partial charge in [-0.3, -0.25) is 9.59 Å². The molecule has 0 bridgehead atoms. The van der Waals surface area contributed by atoms with E-state index in [1.807, 2.05) is 4.90 Å². The number of carbonyl (C=O) groups excluding carboxylic acids is 1. The van der Waals surface area contributed by atoms with Gasteiger partial charge in [0.25, 0.3) is 0 Å². The summed E-state index contributed by atoms with van der Waals surface area (Å²) in [5.41, 5.74) is 0. The maximum absolute atomic E-state index is 12.0. The Morgan fingerprint density at radius 3 is 2.56 bits per heavy atom. The quantitative estimate of drug-likeness (QED) is 0.794. The van der Waals surface area contributed by atoms with E-state index in [4.69, 9.17) is 5.11 Å². The van der Waals surface area contributed by atoms with Crippen LogP contribution in [0.4, 0.5) is 0 Å². The van der Waals surface area contributed by atoms with Crippen molar-refractivity contribution in [3.63, 3.8) is 0 Å². The van der Waals surface area contributed by atoms with E-state index in [9.17, 15) is 9.59 Å². The fourth-order valence-corrected chi connectivity index (χ4v) is 2.92. The van der Waals surface area contributed by atoms with E-state index in [0.717, 1.165) is 25.8 Å². The van der Waals surface area contributed by atoms with Gasteiger partial charge in [0.2, 0.25) is 5.91 Å². The van der Waals surface area contributed by atoms with Crippen molar-refractivity contribution >= 4 is 11.9 Å². The minimum absolute atomic E-state index is 0.00204. The molecule has 2 aliphatic rings. The highest BCUT2D eigenvalue weighted by atomic mass is 16.4. The van der Waals surface area contributed by atoms with E-state index in [-0.39, 0.29) is 18.2 Å². The van der Waals surface area contributed by atoms with E-state index in [1.54, 1.807) is 0 Å². The summed E-state index contributed by atoms with van der Waals surface area (Å²) in [5.74, 6) is -1.04. The standard InChI is InChI=1S/C12H19NO3/c14-11(15)8-9-6-7-13(12(9)16)10-4-2-1-3-5-10/h9-10H,1-8H2,(H,14,15). The molecule has 2 fully saturated rings. The van der Waals surface area contributed by atoms with Crippen LogP contribution in [0.2, 0.25) is 0 Å². The maximum atomic E-state index is 12.0. The van der Waals surface area contributed by atoms with Gasteiger partial charge in [0, 0.05) is 12.6 Å². The molecule has 1 amide bonds. The van der Waals surface area contributed by atoms with Crippen LogP contribution in [0.15, 0.2) is 0 Å². The van der Waals surface area contributed by atoms with Gasteiger partial charge in [0.1, 0.15) is 0 Å². The molecule has 0 aromatic carbocycles. The normalized spacial score (nSPS) is 27.4. The lowest BCUT2D eigenvalue weighted by Crippen LogP contribution is -2.39. The second kappa shape index (κ2) is 4.85. The van der Waals surface area contributed by atoms with Crippen LogP contribution >= 0.6 is 0 Å². The summed E-state index contributed by atoms with van der Waals surface area (Å²) in [7, 11) is 0. The van der Waals surface area contributed by atoms with Gasteiger partial charge >= 0.3 is 5.97 Å². The lowest BCUT2D eigenvalue weighted by Gasteiger charge is -2.31. The molecule has 1 saturated heterocycles. The number of carbonyl (C=O) groups is 2. The summed E-state index contributed by atoms with van der Waals surface area (Å²) in [4.78, 5) is 24.6. The summed E-state index contributed by atoms with van der Waals surface area (Å²) in [6.07, 6.45) is 6.62. The van der Waals surface area contributed by atoms with Crippen LogP contribution in [0, 0.1) is 5.92 Å². The van der Waals surface area contributed by atoms with Gasteiger partial charge in [-0.25, -0.2) is 0 Å². The minimum Gasteiger partial charge on any atom is -0.481 e. The van der Waals surface area contributed by atoms with Crippen LogP contribution in [0.5, 0.6) is 0 Å². The summed E-state index contributed by atoms with van der Waals surface area (Å²) >= 11 is 0. The average molecular weight is 225 g/mol. The van der Waals surface area contributed by atoms with Crippen molar-refractivity contribution in [3.8, 4) is 0 Å². The number of nitrogens with zero attached hydrogens (tertiary/aromatic N) is 1. The number of carboxylic acids is 1. The average Bonchev–Trinajstić information content (AvgIpc) is 2.61. The molecule has 0 aromatic rings. The fourth-order valence-electron chi connectivity index (χ4n) is 2.92. The summed E-state index contributed by atoms with van der Waals surface area (Å²) in [5, 5.41) is 8.72. The van der Waals surface area contributed by atoms with E-state index < -0.39 is 5.97 Å². The number of aliphatic carboxylic acids is 1. The third kappa shape index (κ3) is 2.36. The Kier molecular flexibility index (Phi) is 3.46. The second-order valence-corrected chi connectivity index (χ2v) is 4.91. The van der Waals surface area contributed by atoms with Gasteiger partial charge in [-0.1, -0.05) is 19.3 Å². The number of carboxylic acid groups (broad SMARTS) is 1. The molecule has 4 nitrogen and oxygen atoms in total. The lowest BCUT2D eigenvalue weighted by molar-refractivity contribution is -0.142. The van der Waals surface area contributed by atoms with Gasteiger partial charge in [0.05, 0.1) is 12.3 Å². The van der Waals surface area contributed by atoms with E-state index in [2.05, 4.69) is 0 Å². The Labute approximate surface area is 95.6 Å². The molecule has 2 rings (SSSR count). The monoisotopic (exact) mass is 225 g/mol. The van der Waals surface area contributed by atoms with E-state index >= 15 is 0 Å². The predicted molar refractivity (Wildman–Crippen MR) is 58.9 cm³/mol. The highest BCUT2D eigenvalue weighted by molar-refractivity contribution is 5.85. The first-order valence-corrected chi connectivity index (χ1v) is 6.21. The zero-order valence-electron chi connectivity index (χ0n) is 9.52. The first kappa shape index (κ1) is 11.4. The topological polar surface area (TPSA) is 57.6 Å². The molecule has 1 unspecified atom stereocenters. The van der Waals surface area contributed by atoms with Crippen molar-refractivity contribution in [2.45, 2.75) is 51.0 Å². The molecule has 1 heterocycles. The fraction of sp³-hybridized carbons (Fsp3) is 0.833. The molecule has 0 spiro atoms. The molecular weight excluding hydrogens is 206 g/mol. The van der Waals surface area contributed by atoms with Crippen LogP contribution in [-0.4, -0.2) is 34.5 Å². The Hall–Kier alpha value is -1.06. The number of hydrogen-bond acceptors (Lipinski definition) is 2. The molecule has 0 aromatic heterocycles. The van der Waals surface area contributed by atoms with E-state index in [0.29, 0.717) is 6.04 Å². The molecule has 1 saturated carbocycles. The third-order valence-corrected chi connectivity index (χ3v) is 3.79. The number of rotatable bonds is 3. The van der Waals surface area contributed by atoms with Crippen molar-refractivity contribution in [2.75, 3.05) is 6.54 Å². The zero-order chi connectivity index (χ0) is 11.5. The van der Waals surface area contributed by atoms with Gasteiger partial charge < -0.3 is 10.0 Å². The minimum atomic E-state index is -0.858. The van der Waals surface area contributed by atoms with Crippen molar-refractivity contribution in [1.82, 2.24) is 4.90 Å². The first-order valence-electron chi connectivity index (χ1n) is 6.21. The van der Waals surface area contributed by atoms with Crippen molar-refractivity contribution in [3.05, 3.63) is 0 Å². The highest BCUT2D eigenvalue weighted by Crippen LogP contribution is 2.29. The summed E-state index contributed by atoms with van der Waals surface area (Å²) < 4.78 is 0. The Balaban J connectivity index is 1.92. The second-order valence-electron chi connectivity index (χ2n) is 4.91. The van der Waals surface area contributed by atoms with Crippen LogP contribution < -0.4 is 0 Å². The largest absolute Gasteiger partial charge is 0.481 e. The number of amides is 1. The molecule has 16 heavy (non-hydrogen) atoms. The van der Waals surface area contributed by atoms with Crippen LogP contribution in [0.3, 0.4) is 0 Å². The molecule has 1 N–H and O–H groups in total. The van der Waals surface area contributed by atoms with Crippen LogP contribution in [0.1, 0.15) is 44.9 Å². The maximum Gasteiger partial charge on any atom is 0.304 e. The molecule has 90 valence electrons. The van der Waals surface area contributed by atoms with Crippen LogP contribution in [-0.2, 0) is 9.59 Å². The highest BCUT2D eigenvalue weighted by Gasteiger charge is 2.36. The molecular formula is C12H19NO3. The van der Waals surface area contributed by atoms with E-state index in [1.165, 1.54) is 19.3 Å². The van der Waals surface area contributed by atoms with Gasteiger partial charge in [-0.15, -0.1) is 0 Å². The molecule has 1 aliphatic heterocycles. The zero-order valence-corrected chi connectivity index (χ0v) is 9.52. The predicted octanol–water partition coefficient (Wildman–Crippen LogP) is 1.64. The SMILES string of the molecule is O=C(O)CC1CCN(C2CCCCC2)C1=O. The Bertz CT molecular complexity index is 284. The van der Waals surface area contributed by atoms with Gasteiger partial charge in [0.15, 0.2) is 0 Å². The molecule has 1 aliphatic carbocycles. The van der Waals surface area contributed by atoms with Crippen molar-refractivity contribution < 1.29 is 14.7 Å². The molecule has 0 radical (unpaired) electrons. The third-order valence-electron chi connectivity index (χ3n) is 3.79. The first-order chi connectivity index (χ1) is 7.68. The van der Waals surface area contributed by atoms with Crippen molar-refractivity contribution in [1.29, 1.82) is 0 Å². The lowest BCUT2D eigenvalue weighted by atomic mass is 9.94.